The van der Waals surface area contributed by atoms with Crippen LogP contribution in [0, 0.1) is 11.8 Å². The molecule has 0 aromatic heterocycles. The Morgan fingerprint density at radius 3 is 2.29 bits per heavy atom. The van der Waals surface area contributed by atoms with E-state index in [1.54, 1.807) is 0 Å². The Hall–Kier alpha value is -0.0300. The van der Waals surface area contributed by atoms with Crippen molar-refractivity contribution in [2.45, 2.75) is 70.8 Å². The first-order chi connectivity index (χ1) is 10.5. The highest BCUT2D eigenvalue weighted by Crippen LogP contribution is 2.26. The summed E-state index contributed by atoms with van der Waals surface area (Å²) >= 11 is 0. The molecular formula is C18H37Cl2N3O. The van der Waals surface area contributed by atoms with Gasteiger partial charge in [-0.05, 0) is 63.6 Å². The van der Waals surface area contributed by atoms with Gasteiger partial charge in [0.1, 0.15) is 0 Å². The van der Waals surface area contributed by atoms with Crippen molar-refractivity contribution in [2.24, 2.45) is 17.6 Å². The summed E-state index contributed by atoms with van der Waals surface area (Å²) in [4.78, 5) is 14.9. The number of nitrogens with two attached hydrogens (primary N) is 1. The molecule has 0 spiro atoms. The number of hydrogen-bond donors (Lipinski definition) is 2. The minimum atomic E-state index is -0.587. The molecule has 2 fully saturated rings. The molecule has 0 aromatic rings. The molecule has 0 radical (unpaired) electrons. The van der Waals surface area contributed by atoms with E-state index in [2.05, 4.69) is 24.1 Å². The standard InChI is InChI=1S/C18H35N3O.2ClH/c1-15(2)6-11-21-12-7-16(8-13-21)14-20-17(22)18(19)9-4-3-5-10-18;;/h15-16H,3-14,19H2,1-2H3,(H,20,22);2*1H. The topological polar surface area (TPSA) is 58.4 Å². The number of halogens is 2. The lowest BCUT2D eigenvalue weighted by atomic mass is 9.81. The van der Waals surface area contributed by atoms with Crippen molar-refractivity contribution in [3.05, 3.63) is 0 Å². The molecule has 1 saturated carbocycles. The maximum atomic E-state index is 12.4. The van der Waals surface area contributed by atoms with Crippen LogP contribution in [0.2, 0.25) is 0 Å². The van der Waals surface area contributed by atoms with E-state index in [-0.39, 0.29) is 30.7 Å². The minimum Gasteiger partial charge on any atom is -0.354 e. The summed E-state index contributed by atoms with van der Waals surface area (Å²) in [5.41, 5.74) is 5.70. The van der Waals surface area contributed by atoms with Crippen LogP contribution >= 0.6 is 24.8 Å². The van der Waals surface area contributed by atoms with Crippen molar-refractivity contribution in [3.8, 4) is 0 Å². The van der Waals surface area contributed by atoms with Crippen LogP contribution in [-0.2, 0) is 4.79 Å². The monoisotopic (exact) mass is 381 g/mol. The molecule has 3 N–H and O–H groups in total. The lowest BCUT2D eigenvalue weighted by Gasteiger charge is -2.35. The molecule has 0 aromatic carbocycles. The van der Waals surface area contributed by atoms with E-state index in [1.807, 2.05) is 0 Å². The molecule has 0 bridgehead atoms. The molecule has 6 heteroatoms. The molecule has 1 aliphatic carbocycles. The normalized spacial score (nSPS) is 21.7. The highest BCUT2D eigenvalue weighted by atomic mass is 35.5. The van der Waals surface area contributed by atoms with E-state index < -0.39 is 5.54 Å². The van der Waals surface area contributed by atoms with Crippen LogP contribution in [0.4, 0.5) is 0 Å². The van der Waals surface area contributed by atoms with Crippen molar-refractivity contribution in [1.82, 2.24) is 10.2 Å². The Labute approximate surface area is 160 Å². The van der Waals surface area contributed by atoms with Crippen LogP contribution in [0.15, 0.2) is 0 Å². The van der Waals surface area contributed by atoms with Crippen molar-refractivity contribution in [2.75, 3.05) is 26.2 Å². The van der Waals surface area contributed by atoms with E-state index in [4.69, 9.17) is 5.73 Å². The fourth-order valence-electron chi connectivity index (χ4n) is 3.68. The van der Waals surface area contributed by atoms with E-state index in [0.29, 0.717) is 5.92 Å². The second kappa shape index (κ2) is 11.6. The third-order valence-electron chi connectivity index (χ3n) is 5.48. The number of hydrogen-bond acceptors (Lipinski definition) is 3. The molecule has 1 amide bonds. The second-order valence-electron chi connectivity index (χ2n) is 7.89. The van der Waals surface area contributed by atoms with Crippen molar-refractivity contribution < 1.29 is 4.79 Å². The van der Waals surface area contributed by atoms with Gasteiger partial charge in [-0.3, -0.25) is 4.79 Å². The summed E-state index contributed by atoms with van der Waals surface area (Å²) in [5.74, 6) is 1.51. The van der Waals surface area contributed by atoms with Crippen LogP contribution in [0.5, 0.6) is 0 Å². The van der Waals surface area contributed by atoms with Crippen molar-refractivity contribution in [1.29, 1.82) is 0 Å². The highest BCUT2D eigenvalue weighted by Gasteiger charge is 2.35. The third kappa shape index (κ3) is 7.47. The minimum absolute atomic E-state index is 0. The van der Waals surface area contributed by atoms with Crippen LogP contribution in [-0.4, -0.2) is 42.5 Å². The van der Waals surface area contributed by atoms with Gasteiger partial charge in [0.2, 0.25) is 5.91 Å². The number of amides is 1. The Balaban J connectivity index is 0.00000264. The number of carbonyl (C=O) groups excluding carboxylic acids is 1. The number of nitrogens with zero attached hydrogens (tertiary/aromatic N) is 1. The van der Waals surface area contributed by atoms with Gasteiger partial charge < -0.3 is 16.0 Å². The average Bonchev–Trinajstić information content (AvgIpc) is 2.52. The zero-order valence-electron chi connectivity index (χ0n) is 15.4. The van der Waals surface area contributed by atoms with Crippen molar-refractivity contribution in [3.63, 3.8) is 0 Å². The predicted molar refractivity (Wildman–Crippen MR) is 106 cm³/mol. The van der Waals surface area contributed by atoms with E-state index in [0.717, 1.165) is 38.1 Å². The summed E-state index contributed by atoms with van der Waals surface area (Å²) in [5, 5.41) is 3.15. The van der Waals surface area contributed by atoms with Gasteiger partial charge >= 0.3 is 0 Å². The summed E-state index contributed by atoms with van der Waals surface area (Å²) in [6, 6.07) is 0. The van der Waals surface area contributed by atoms with Crippen molar-refractivity contribution >= 4 is 30.7 Å². The average molecular weight is 382 g/mol. The SMILES string of the molecule is CC(C)CCN1CCC(CNC(=O)C2(N)CCCCC2)CC1.Cl.Cl. The summed E-state index contributed by atoms with van der Waals surface area (Å²) < 4.78 is 0. The molecule has 0 unspecified atom stereocenters. The number of likely N-dealkylation sites (tertiary alicyclic amines) is 1. The van der Waals surface area contributed by atoms with Gasteiger partial charge in [0, 0.05) is 6.54 Å². The lowest BCUT2D eigenvalue weighted by molar-refractivity contribution is -0.127. The Kier molecular flexibility index (Phi) is 11.5. The Morgan fingerprint density at radius 1 is 1.17 bits per heavy atom. The second-order valence-corrected chi connectivity index (χ2v) is 7.89. The molecule has 1 aliphatic heterocycles. The third-order valence-corrected chi connectivity index (χ3v) is 5.48. The number of rotatable bonds is 6. The maximum Gasteiger partial charge on any atom is 0.240 e. The maximum absolute atomic E-state index is 12.4. The van der Waals surface area contributed by atoms with Gasteiger partial charge in [-0.2, -0.15) is 0 Å². The Morgan fingerprint density at radius 2 is 1.75 bits per heavy atom. The zero-order chi connectivity index (χ0) is 16.0. The smallest absolute Gasteiger partial charge is 0.240 e. The van der Waals surface area contributed by atoms with Gasteiger partial charge in [0.25, 0.3) is 0 Å². The van der Waals surface area contributed by atoms with Gasteiger partial charge in [0.05, 0.1) is 5.54 Å². The zero-order valence-corrected chi connectivity index (χ0v) is 17.0. The summed E-state index contributed by atoms with van der Waals surface area (Å²) in [7, 11) is 0. The van der Waals surface area contributed by atoms with Gasteiger partial charge in [-0.15, -0.1) is 24.8 Å². The molecule has 144 valence electrons. The molecule has 1 saturated heterocycles. The largest absolute Gasteiger partial charge is 0.354 e. The fraction of sp³-hybridized carbons (Fsp3) is 0.944. The summed E-state index contributed by atoms with van der Waals surface area (Å²) in [6.45, 7) is 8.98. The van der Waals surface area contributed by atoms with E-state index in [1.165, 1.54) is 45.3 Å². The van der Waals surface area contributed by atoms with Crippen LogP contribution in [0.3, 0.4) is 0 Å². The van der Waals surface area contributed by atoms with E-state index >= 15 is 0 Å². The quantitative estimate of drug-likeness (QED) is 0.741. The molecule has 2 rings (SSSR count). The lowest BCUT2D eigenvalue weighted by Crippen LogP contribution is -2.55. The predicted octanol–water partition coefficient (Wildman–Crippen LogP) is 3.37. The van der Waals surface area contributed by atoms with Gasteiger partial charge in [-0.25, -0.2) is 0 Å². The van der Waals surface area contributed by atoms with E-state index in [9.17, 15) is 4.79 Å². The summed E-state index contributed by atoms with van der Waals surface area (Å²) in [6.07, 6.45) is 8.82. The van der Waals surface area contributed by atoms with Gasteiger partial charge in [-0.1, -0.05) is 33.1 Å². The Bertz CT molecular complexity index is 352. The van der Waals surface area contributed by atoms with Crippen LogP contribution in [0.1, 0.15) is 65.2 Å². The first kappa shape index (κ1) is 24.0. The van der Waals surface area contributed by atoms with Gasteiger partial charge in [0.15, 0.2) is 0 Å². The first-order valence-corrected chi connectivity index (χ1v) is 9.29. The molecule has 0 atom stereocenters. The molecule has 4 nitrogen and oxygen atoms in total. The van der Waals surface area contributed by atoms with Crippen LogP contribution < -0.4 is 11.1 Å². The number of carbonyl (C=O) groups is 1. The highest BCUT2D eigenvalue weighted by molar-refractivity contribution is 5.86. The number of piperidine rings is 1. The molecule has 24 heavy (non-hydrogen) atoms. The molecule has 1 heterocycles. The number of nitrogens with one attached hydrogen (secondary N) is 1. The molecule has 2 aliphatic rings. The first-order valence-electron chi connectivity index (χ1n) is 9.29. The fourth-order valence-corrected chi connectivity index (χ4v) is 3.68. The molecular weight excluding hydrogens is 345 g/mol. The van der Waals surface area contributed by atoms with Crippen LogP contribution in [0.25, 0.3) is 0 Å².